The number of fused-ring (bicyclic) bond motifs is 1. The average molecular weight is 290 g/mol. The minimum atomic E-state index is -3.00. The first-order chi connectivity index (χ1) is 9.55. The fourth-order valence-electron chi connectivity index (χ4n) is 2.46. The molecule has 1 atom stereocenters. The number of benzene rings is 1. The second kappa shape index (κ2) is 4.86. The van der Waals surface area contributed by atoms with E-state index in [-0.39, 0.29) is 23.5 Å². The maximum atomic E-state index is 12.3. The highest BCUT2D eigenvalue weighted by molar-refractivity contribution is 7.91. The van der Waals surface area contributed by atoms with Gasteiger partial charge < -0.3 is 5.32 Å². The van der Waals surface area contributed by atoms with Crippen LogP contribution in [0.3, 0.4) is 0 Å². The van der Waals surface area contributed by atoms with Gasteiger partial charge in [0.1, 0.15) is 0 Å². The number of nitrogens with zero attached hydrogens (tertiary/aromatic N) is 1. The Hall–Kier alpha value is -1.95. The number of aromatic nitrogens is 1. The molecule has 1 N–H and O–H groups in total. The van der Waals surface area contributed by atoms with Gasteiger partial charge in [-0.2, -0.15) is 0 Å². The van der Waals surface area contributed by atoms with Crippen LogP contribution in [0, 0.1) is 0 Å². The summed E-state index contributed by atoms with van der Waals surface area (Å²) in [6, 6.07) is 8.79. The molecule has 1 saturated heterocycles. The molecule has 20 heavy (non-hydrogen) atoms. The minimum Gasteiger partial charge on any atom is -0.348 e. The number of para-hydroxylation sites is 1. The molecule has 1 amide bonds. The lowest BCUT2D eigenvalue weighted by Crippen LogP contribution is -2.35. The van der Waals surface area contributed by atoms with Crippen LogP contribution in [0.4, 0.5) is 0 Å². The first-order valence-electron chi connectivity index (χ1n) is 6.40. The Balaban J connectivity index is 1.86. The molecule has 0 unspecified atom stereocenters. The molecule has 1 aromatic heterocycles. The topological polar surface area (TPSA) is 76.1 Å². The monoisotopic (exact) mass is 290 g/mol. The zero-order valence-electron chi connectivity index (χ0n) is 10.7. The highest BCUT2D eigenvalue weighted by Crippen LogP contribution is 2.17. The number of hydrogen-bond acceptors (Lipinski definition) is 4. The normalized spacial score (nSPS) is 20.9. The minimum absolute atomic E-state index is 0.0247. The second-order valence-electron chi connectivity index (χ2n) is 4.95. The molecule has 0 bridgehead atoms. The van der Waals surface area contributed by atoms with Gasteiger partial charge >= 0.3 is 0 Å². The van der Waals surface area contributed by atoms with E-state index in [9.17, 15) is 13.2 Å². The highest BCUT2D eigenvalue weighted by Gasteiger charge is 2.29. The molecule has 1 aromatic carbocycles. The molecular weight excluding hydrogens is 276 g/mol. The summed E-state index contributed by atoms with van der Waals surface area (Å²) in [7, 11) is -3.00. The van der Waals surface area contributed by atoms with Crippen LogP contribution in [0.15, 0.2) is 36.5 Å². The van der Waals surface area contributed by atoms with E-state index in [0.29, 0.717) is 17.5 Å². The van der Waals surface area contributed by atoms with Crippen molar-refractivity contribution in [2.75, 3.05) is 11.5 Å². The van der Waals surface area contributed by atoms with E-state index in [1.54, 1.807) is 18.3 Å². The first-order valence-corrected chi connectivity index (χ1v) is 8.22. The van der Waals surface area contributed by atoms with Crippen LogP contribution < -0.4 is 5.32 Å². The Kier molecular flexibility index (Phi) is 3.17. The summed E-state index contributed by atoms with van der Waals surface area (Å²) >= 11 is 0. The third-order valence-corrected chi connectivity index (χ3v) is 5.21. The summed E-state index contributed by atoms with van der Waals surface area (Å²) in [6.45, 7) is 0. The molecular formula is C14H14N2O3S. The van der Waals surface area contributed by atoms with Crippen LogP contribution in [0.25, 0.3) is 10.9 Å². The lowest BCUT2D eigenvalue weighted by Gasteiger charge is -2.11. The Morgan fingerprint density at radius 2 is 2.05 bits per heavy atom. The van der Waals surface area contributed by atoms with E-state index in [2.05, 4.69) is 10.3 Å². The Morgan fingerprint density at radius 1 is 1.25 bits per heavy atom. The van der Waals surface area contributed by atoms with Gasteiger partial charge in [-0.3, -0.25) is 9.78 Å². The van der Waals surface area contributed by atoms with Crippen molar-refractivity contribution in [3.05, 3.63) is 42.1 Å². The zero-order valence-corrected chi connectivity index (χ0v) is 11.6. The van der Waals surface area contributed by atoms with Gasteiger partial charge in [0.15, 0.2) is 9.84 Å². The molecule has 0 saturated carbocycles. The predicted molar refractivity (Wildman–Crippen MR) is 76.3 cm³/mol. The summed E-state index contributed by atoms with van der Waals surface area (Å²) < 4.78 is 22.8. The van der Waals surface area contributed by atoms with Crippen LogP contribution in [0.2, 0.25) is 0 Å². The molecule has 0 spiro atoms. The lowest BCUT2D eigenvalue weighted by molar-refractivity contribution is 0.0942. The number of sulfone groups is 1. The van der Waals surface area contributed by atoms with Crippen molar-refractivity contribution in [2.24, 2.45) is 0 Å². The summed E-state index contributed by atoms with van der Waals surface area (Å²) in [5.41, 5.74) is 1.11. The van der Waals surface area contributed by atoms with Gasteiger partial charge in [0.25, 0.3) is 5.91 Å². The number of nitrogens with one attached hydrogen (secondary N) is 1. The number of hydrogen-bond donors (Lipinski definition) is 1. The van der Waals surface area contributed by atoms with Crippen molar-refractivity contribution >= 4 is 26.6 Å². The fraction of sp³-hybridized carbons (Fsp3) is 0.286. The molecule has 5 nitrogen and oxygen atoms in total. The van der Waals surface area contributed by atoms with Crippen LogP contribution in [0.1, 0.15) is 16.8 Å². The van der Waals surface area contributed by atoms with Crippen LogP contribution in [-0.2, 0) is 9.84 Å². The van der Waals surface area contributed by atoms with Gasteiger partial charge in [-0.05, 0) is 18.6 Å². The van der Waals surface area contributed by atoms with Gasteiger partial charge in [-0.1, -0.05) is 18.2 Å². The Morgan fingerprint density at radius 3 is 2.80 bits per heavy atom. The number of carbonyl (C=O) groups excluding carboxylic acids is 1. The van der Waals surface area contributed by atoms with Crippen molar-refractivity contribution < 1.29 is 13.2 Å². The quantitative estimate of drug-likeness (QED) is 0.900. The maximum absolute atomic E-state index is 12.3. The maximum Gasteiger partial charge on any atom is 0.253 e. The molecule has 0 aliphatic carbocycles. The molecule has 104 valence electrons. The second-order valence-corrected chi connectivity index (χ2v) is 7.18. The molecule has 2 heterocycles. The highest BCUT2D eigenvalue weighted by atomic mass is 32.2. The summed E-state index contributed by atoms with van der Waals surface area (Å²) in [4.78, 5) is 16.5. The largest absolute Gasteiger partial charge is 0.348 e. The van der Waals surface area contributed by atoms with E-state index < -0.39 is 9.84 Å². The summed E-state index contributed by atoms with van der Waals surface area (Å²) in [5.74, 6) is -0.0979. The van der Waals surface area contributed by atoms with Gasteiger partial charge in [0.2, 0.25) is 0 Å². The van der Waals surface area contributed by atoms with E-state index in [0.717, 1.165) is 5.39 Å². The first kappa shape index (κ1) is 13.1. The van der Waals surface area contributed by atoms with Crippen molar-refractivity contribution in [3.8, 4) is 0 Å². The van der Waals surface area contributed by atoms with Gasteiger partial charge in [-0.15, -0.1) is 0 Å². The average Bonchev–Trinajstić information content (AvgIpc) is 2.77. The summed E-state index contributed by atoms with van der Waals surface area (Å²) in [5, 5.41) is 3.67. The van der Waals surface area contributed by atoms with E-state index in [1.807, 2.05) is 18.2 Å². The van der Waals surface area contributed by atoms with Crippen molar-refractivity contribution in [3.63, 3.8) is 0 Å². The Labute approximate surface area is 116 Å². The SMILES string of the molecule is O=C(N[C@@H]1CCS(=O)(=O)C1)c1cccc2cccnc12. The van der Waals surface area contributed by atoms with Crippen LogP contribution in [0.5, 0.6) is 0 Å². The number of carbonyl (C=O) groups is 1. The van der Waals surface area contributed by atoms with E-state index in [4.69, 9.17) is 0 Å². The number of amides is 1. The van der Waals surface area contributed by atoms with Crippen LogP contribution >= 0.6 is 0 Å². The zero-order chi connectivity index (χ0) is 14.2. The van der Waals surface area contributed by atoms with Gasteiger partial charge in [0, 0.05) is 17.6 Å². The molecule has 2 aromatic rings. The molecule has 6 heteroatoms. The third-order valence-electron chi connectivity index (χ3n) is 3.44. The van der Waals surface area contributed by atoms with Gasteiger partial charge in [0.05, 0.1) is 22.6 Å². The smallest absolute Gasteiger partial charge is 0.253 e. The summed E-state index contributed by atoms with van der Waals surface area (Å²) in [6.07, 6.45) is 2.12. The van der Waals surface area contributed by atoms with Crippen molar-refractivity contribution in [1.82, 2.24) is 10.3 Å². The van der Waals surface area contributed by atoms with Crippen molar-refractivity contribution in [2.45, 2.75) is 12.5 Å². The van der Waals surface area contributed by atoms with Crippen molar-refractivity contribution in [1.29, 1.82) is 0 Å². The number of pyridine rings is 1. The lowest BCUT2D eigenvalue weighted by atomic mass is 10.1. The molecule has 1 aliphatic rings. The molecule has 3 rings (SSSR count). The van der Waals surface area contributed by atoms with Gasteiger partial charge in [-0.25, -0.2) is 8.42 Å². The molecule has 1 aliphatic heterocycles. The molecule has 0 radical (unpaired) electrons. The van der Waals surface area contributed by atoms with E-state index in [1.165, 1.54) is 0 Å². The predicted octanol–water partition coefficient (Wildman–Crippen LogP) is 1.15. The Bertz CT molecular complexity index is 766. The van der Waals surface area contributed by atoms with E-state index >= 15 is 0 Å². The standard InChI is InChI=1S/C14H14N2O3S/c17-14(16-11-6-8-20(18,19)9-11)12-5-1-3-10-4-2-7-15-13(10)12/h1-5,7,11H,6,8-9H2,(H,16,17)/t11-/m1/s1. The third kappa shape index (κ3) is 2.51. The fourth-order valence-corrected chi connectivity index (χ4v) is 4.13. The number of rotatable bonds is 2. The molecule has 1 fully saturated rings. The van der Waals surface area contributed by atoms with Crippen LogP contribution in [-0.4, -0.2) is 36.9 Å².